The Hall–Kier alpha value is -1.06. The number of carboxylic acid groups (broad SMARTS) is 1. The summed E-state index contributed by atoms with van der Waals surface area (Å²) < 4.78 is 0. The summed E-state index contributed by atoms with van der Waals surface area (Å²) in [7, 11) is 0. The van der Waals surface area contributed by atoms with Crippen molar-refractivity contribution in [3.8, 4) is 0 Å². The highest BCUT2D eigenvalue weighted by molar-refractivity contribution is 5.77. The van der Waals surface area contributed by atoms with Crippen LogP contribution < -0.4 is 0 Å². The monoisotopic (exact) mass is 229 g/mol. The maximum atomic E-state index is 11.8. The molecule has 0 aromatic carbocycles. The molecule has 0 atom stereocenters. The number of carbonyl (C=O) groups excluding carboxylic acids is 1. The third-order valence-electron chi connectivity index (χ3n) is 2.42. The van der Waals surface area contributed by atoms with Gasteiger partial charge < -0.3 is 10.0 Å². The van der Waals surface area contributed by atoms with E-state index in [-0.39, 0.29) is 17.7 Å². The molecular formula is C12H23NO3. The fraction of sp³-hybridized carbons (Fsp3) is 0.833. The lowest BCUT2D eigenvalue weighted by atomic mass is 9.90. The highest BCUT2D eigenvalue weighted by Crippen LogP contribution is 2.21. The van der Waals surface area contributed by atoms with E-state index in [2.05, 4.69) is 20.8 Å². The Labute approximate surface area is 97.6 Å². The fourth-order valence-electron chi connectivity index (χ4n) is 1.33. The first kappa shape index (κ1) is 14.9. The first-order valence-corrected chi connectivity index (χ1v) is 5.76. The molecule has 94 valence electrons. The molecule has 4 heteroatoms. The summed E-state index contributed by atoms with van der Waals surface area (Å²) in [6.07, 6.45) is 1.35. The number of nitrogens with zero attached hydrogens (tertiary/aromatic N) is 1. The SMILES string of the molecule is CCN(CCC(=O)O)C(=O)CCC(C)(C)C. The van der Waals surface area contributed by atoms with Gasteiger partial charge in [-0.25, -0.2) is 0 Å². The van der Waals surface area contributed by atoms with E-state index in [0.29, 0.717) is 19.5 Å². The van der Waals surface area contributed by atoms with E-state index in [1.165, 1.54) is 0 Å². The van der Waals surface area contributed by atoms with Crippen LogP contribution in [0.4, 0.5) is 0 Å². The van der Waals surface area contributed by atoms with Crippen molar-refractivity contribution in [3.63, 3.8) is 0 Å². The number of hydrogen-bond donors (Lipinski definition) is 1. The van der Waals surface area contributed by atoms with Crippen molar-refractivity contribution in [1.82, 2.24) is 4.90 Å². The van der Waals surface area contributed by atoms with E-state index < -0.39 is 5.97 Å². The molecule has 0 rings (SSSR count). The third-order valence-corrected chi connectivity index (χ3v) is 2.42. The number of carboxylic acids is 1. The van der Waals surface area contributed by atoms with Crippen LogP contribution in [0.15, 0.2) is 0 Å². The molecule has 0 aliphatic heterocycles. The topological polar surface area (TPSA) is 57.6 Å². The normalized spacial score (nSPS) is 11.2. The summed E-state index contributed by atoms with van der Waals surface area (Å²) in [5, 5.41) is 8.56. The zero-order chi connectivity index (χ0) is 12.8. The van der Waals surface area contributed by atoms with E-state index in [9.17, 15) is 9.59 Å². The van der Waals surface area contributed by atoms with Crippen LogP contribution in [-0.2, 0) is 9.59 Å². The van der Waals surface area contributed by atoms with Gasteiger partial charge in [0.2, 0.25) is 5.91 Å². The predicted octanol–water partition coefficient (Wildman–Crippen LogP) is 2.14. The Kier molecular flexibility index (Phi) is 6.08. The lowest BCUT2D eigenvalue weighted by molar-refractivity contribution is -0.138. The molecule has 16 heavy (non-hydrogen) atoms. The summed E-state index contributed by atoms with van der Waals surface area (Å²) in [5.41, 5.74) is 0.141. The number of hydrogen-bond acceptors (Lipinski definition) is 2. The average molecular weight is 229 g/mol. The molecule has 0 saturated carbocycles. The number of rotatable bonds is 6. The summed E-state index contributed by atoms with van der Waals surface area (Å²) in [6, 6.07) is 0. The zero-order valence-corrected chi connectivity index (χ0v) is 10.7. The van der Waals surface area contributed by atoms with Gasteiger partial charge in [-0.15, -0.1) is 0 Å². The van der Waals surface area contributed by atoms with Crippen LogP contribution in [0.25, 0.3) is 0 Å². The Morgan fingerprint density at radius 3 is 2.12 bits per heavy atom. The van der Waals surface area contributed by atoms with Gasteiger partial charge in [0.15, 0.2) is 0 Å². The molecule has 0 aromatic heterocycles. The molecule has 1 amide bonds. The maximum Gasteiger partial charge on any atom is 0.305 e. The lowest BCUT2D eigenvalue weighted by Crippen LogP contribution is -2.33. The molecule has 0 unspecified atom stereocenters. The molecule has 0 radical (unpaired) electrons. The van der Waals surface area contributed by atoms with E-state index in [0.717, 1.165) is 6.42 Å². The van der Waals surface area contributed by atoms with Crippen LogP contribution in [0, 0.1) is 5.41 Å². The van der Waals surface area contributed by atoms with Gasteiger partial charge in [0.25, 0.3) is 0 Å². The highest BCUT2D eigenvalue weighted by Gasteiger charge is 2.17. The van der Waals surface area contributed by atoms with E-state index in [1.54, 1.807) is 4.90 Å². The van der Waals surface area contributed by atoms with Crippen molar-refractivity contribution in [1.29, 1.82) is 0 Å². The Morgan fingerprint density at radius 2 is 1.75 bits per heavy atom. The quantitative estimate of drug-likeness (QED) is 0.759. The second kappa shape index (κ2) is 6.51. The summed E-state index contributed by atoms with van der Waals surface area (Å²) in [5.74, 6) is -0.805. The van der Waals surface area contributed by atoms with E-state index in [4.69, 9.17) is 5.11 Å². The van der Waals surface area contributed by atoms with Gasteiger partial charge in [-0.1, -0.05) is 20.8 Å². The second-order valence-electron chi connectivity index (χ2n) is 5.18. The van der Waals surface area contributed by atoms with Crippen molar-refractivity contribution in [2.24, 2.45) is 5.41 Å². The van der Waals surface area contributed by atoms with Gasteiger partial charge >= 0.3 is 5.97 Å². The smallest absolute Gasteiger partial charge is 0.305 e. The summed E-state index contributed by atoms with van der Waals surface area (Å²) in [4.78, 5) is 23.8. The molecular weight excluding hydrogens is 206 g/mol. The zero-order valence-electron chi connectivity index (χ0n) is 10.7. The third kappa shape index (κ3) is 7.26. The second-order valence-corrected chi connectivity index (χ2v) is 5.18. The minimum absolute atomic E-state index is 0.0229. The van der Waals surface area contributed by atoms with Crippen LogP contribution in [0.5, 0.6) is 0 Å². The molecule has 4 nitrogen and oxygen atoms in total. The van der Waals surface area contributed by atoms with E-state index in [1.807, 2.05) is 6.92 Å². The minimum Gasteiger partial charge on any atom is -0.481 e. The first-order chi connectivity index (χ1) is 7.26. The van der Waals surface area contributed by atoms with Crippen LogP contribution in [0.2, 0.25) is 0 Å². The molecule has 0 aliphatic carbocycles. The fourth-order valence-corrected chi connectivity index (χ4v) is 1.33. The van der Waals surface area contributed by atoms with Gasteiger partial charge in [-0.3, -0.25) is 9.59 Å². The molecule has 0 heterocycles. The van der Waals surface area contributed by atoms with Crippen LogP contribution in [0.3, 0.4) is 0 Å². The Balaban J connectivity index is 4.06. The molecule has 0 aliphatic rings. The molecule has 0 spiro atoms. The van der Waals surface area contributed by atoms with Crippen molar-refractivity contribution < 1.29 is 14.7 Å². The van der Waals surface area contributed by atoms with Crippen LogP contribution in [0.1, 0.15) is 47.0 Å². The molecule has 0 aromatic rings. The van der Waals surface area contributed by atoms with Crippen LogP contribution >= 0.6 is 0 Å². The molecule has 0 fully saturated rings. The van der Waals surface area contributed by atoms with Crippen LogP contribution in [-0.4, -0.2) is 35.0 Å². The largest absolute Gasteiger partial charge is 0.481 e. The summed E-state index contributed by atoms with van der Waals surface area (Å²) in [6.45, 7) is 9.04. The van der Waals surface area contributed by atoms with Gasteiger partial charge in [-0.2, -0.15) is 0 Å². The van der Waals surface area contributed by atoms with Crippen molar-refractivity contribution in [2.45, 2.75) is 47.0 Å². The van der Waals surface area contributed by atoms with E-state index >= 15 is 0 Å². The van der Waals surface area contributed by atoms with Gasteiger partial charge in [-0.05, 0) is 18.8 Å². The van der Waals surface area contributed by atoms with Crippen molar-refractivity contribution >= 4 is 11.9 Å². The molecule has 0 saturated heterocycles. The predicted molar refractivity (Wildman–Crippen MR) is 63.2 cm³/mol. The molecule has 1 N–H and O–H groups in total. The summed E-state index contributed by atoms with van der Waals surface area (Å²) >= 11 is 0. The van der Waals surface area contributed by atoms with Crippen molar-refractivity contribution in [3.05, 3.63) is 0 Å². The minimum atomic E-state index is -0.859. The highest BCUT2D eigenvalue weighted by atomic mass is 16.4. The first-order valence-electron chi connectivity index (χ1n) is 5.76. The Morgan fingerprint density at radius 1 is 1.19 bits per heavy atom. The molecule has 0 bridgehead atoms. The average Bonchev–Trinajstić information content (AvgIpc) is 2.14. The number of amides is 1. The van der Waals surface area contributed by atoms with Gasteiger partial charge in [0.05, 0.1) is 6.42 Å². The van der Waals surface area contributed by atoms with Gasteiger partial charge in [0, 0.05) is 19.5 Å². The number of carbonyl (C=O) groups is 2. The number of aliphatic carboxylic acids is 1. The van der Waals surface area contributed by atoms with Crippen molar-refractivity contribution in [2.75, 3.05) is 13.1 Å². The maximum absolute atomic E-state index is 11.8. The lowest BCUT2D eigenvalue weighted by Gasteiger charge is -2.23. The standard InChI is InChI=1S/C12H23NO3/c1-5-13(9-7-11(15)16)10(14)6-8-12(2,3)4/h5-9H2,1-4H3,(H,15,16). The van der Waals surface area contributed by atoms with Gasteiger partial charge in [0.1, 0.15) is 0 Å². The Bertz CT molecular complexity index is 243.